The van der Waals surface area contributed by atoms with E-state index in [2.05, 4.69) is 5.10 Å². The average Bonchev–Trinajstić information content (AvgIpc) is 2.76. The molecule has 0 aliphatic heterocycles. The predicted molar refractivity (Wildman–Crippen MR) is 63.4 cm³/mol. The molecule has 2 aromatic rings. The number of hydrogen-bond donors (Lipinski definition) is 0. The molecule has 0 unspecified atom stereocenters. The summed E-state index contributed by atoms with van der Waals surface area (Å²) in [4.78, 5) is 0. The molecule has 0 saturated heterocycles. The third-order valence-corrected chi connectivity index (χ3v) is 2.54. The lowest BCUT2D eigenvalue weighted by molar-refractivity contribution is 0.303. The zero-order valence-electron chi connectivity index (χ0n) is 9.98. The number of halogens is 1. The van der Waals surface area contributed by atoms with Gasteiger partial charge < -0.3 is 4.74 Å². The van der Waals surface area contributed by atoms with Crippen molar-refractivity contribution in [1.29, 1.82) is 0 Å². The van der Waals surface area contributed by atoms with E-state index in [0.29, 0.717) is 12.4 Å². The molecule has 0 aliphatic rings. The average molecular weight is 234 g/mol. The maximum absolute atomic E-state index is 12.9. The predicted octanol–water partition coefficient (Wildman–Crippen LogP) is 2.93. The molecule has 3 nitrogen and oxygen atoms in total. The summed E-state index contributed by atoms with van der Waals surface area (Å²) >= 11 is 0. The standard InChI is InChI=1S/C13H15FN2O/c1-3-16-8-11(7-15-16)9-17-13-5-4-12(14)6-10(13)2/h4-8H,3,9H2,1-2H3. The highest BCUT2D eigenvalue weighted by Crippen LogP contribution is 2.19. The first-order valence-electron chi connectivity index (χ1n) is 5.59. The van der Waals surface area contributed by atoms with Crippen LogP contribution in [0.5, 0.6) is 5.75 Å². The molecule has 1 heterocycles. The second-order valence-electron chi connectivity index (χ2n) is 3.90. The number of aromatic nitrogens is 2. The number of benzene rings is 1. The van der Waals surface area contributed by atoms with Gasteiger partial charge >= 0.3 is 0 Å². The van der Waals surface area contributed by atoms with Crippen LogP contribution in [0.1, 0.15) is 18.1 Å². The summed E-state index contributed by atoms with van der Waals surface area (Å²) in [7, 11) is 0. The molecule has 1 aromatic carbocycles. The summed E-state index contributed by atoms with van der Waals surface area (Å²) in [5.41, 5.74) is 1.81. The number of ether oxygens (including phenoxy) is 1. The fraction of sp³-hybridized carbons (Fsp3) is 0.308. The lowest BCUT2D eigenvalue weighted by Gasteiger charge is -2.07. The second kappa shape index (κ2) is 4.99. The number of rotatable bonds is 4. The molecule has 4 heteroatoms. The monoisotopic (exact) mass is 234 g/mol. The first-order valence-corrected chi connectivity index (χ1v) is 5.59. The Morgan fingerprint density at radius 3 is 2.88 bits per heavy atom. The van der Waals surface area contributed by atoms with Crippen molar-refractivity contribution >= 4 is 0 Å². The van der Waals surface area contributed by atoms with E-state index in [0.717, 1.165) is 17.7 Å². The van der Waals surface area contributed by atoms with Gasteiger partial charge in [-0.3, -0.25) is 4.68 Å². The van der Waals surface area contributed by atoms with Gasteiger partial charge in [0.05, 0.1) is 6.20 Å². The quantitative estimate of drug-likeness (QED) is 0.813. The number of hydrogen-bond acceptors (Lipinski definition) is 2. The Morgan fingerprint density at radius 2 is 2.24 bits per heavy atom. The van der Waals surface area contributed by atoms with Gasteiger partial charge in [0.15, 0.2) is 0 Å². The Bertz CT molecular complexity index is 508. The number of nitrogens with zero attached hydrogens (tertiary/aromatic N) is 2. The molecular weight excluding hydrogens is 219 g/mol. The molecule has 0 bridgehead atoms. The molecule has 0 fully saturated rings. The Labute approximate surface area is 99.8 Å². The van der Waals surface area contributed by atoms with Crippen LogP contribution in [0.3, 0.4) is 0 Å². The summed E-state index contributed by atoms with van der Waals surface area (Å²) in [6.07, 6.45) is 3.72. The van der Waals surface area contributed by atoms with Crippen LogP contribution in [-0.2, 0) is 13.2 Å². The molecule has 17 heavy (non-hydrogen) atoms. The van der Waals surface area contributed by atoms with Crippen LogP contribution in [-0.4, -0.2) is 9.78 Å². The fourth-order valence-corrected chi connectivity index (χ4v) is 1.59. The zero-order chi connectivity index (χ0) is 12.3. The molecular formula is C13H15FN2O. The summed E-state index contributed by atoms with van der Waals surface area (Å²) in [6, 6.07) is 4.51. The van der Waals surface area contributed by atoms with E-state index in [4.69, 9.17) is 4.74 Å². The lowest BCUT2D eigenvalue weighted by atomic mass is 10.2. The van der Waals surface area contributed by atoms with Crippen molar-refractivity contribution in [3.05, 3.63) is 47.5 Å². The van der Waals surface area contributed by atoms with Crippen molar-refractivity contribution < 1.29 is 9.13 Å². The minimum Gasteiger partial charge on any atom is -0.489 e. The van der Waals surface area contributed by atoms with E-state index in [1.54, 1.807) is 12.3 Å². The first-order chi connectivity index (χ1) is 8.19. The van der Waals surface area contributed by atoms with Gasteiger partial charge in [0.2, 0.25) is 0 Å². The molecule has 2 rings (SSSR count). The molecule has 0 spiro atoms. The summed E-state index contributed by atoms with van der Waals surface area (Å²) < 4.78 is 20.4. The van der Waals surface area contributed by atoms with Gasteiger partial charge in [0, 0.05) is 18.3 Å². The Kier molecular flexibility index (Phi) is 3.42. The van der Waals surface area contributed by atoms with Crippen LogP contribution in [0.4, 0.5) is 4.39 Å². The van der Waals surface area contributed by atoms with Gasteiger partial charge in [-0.05, 0) is 37.6 Å². The summed E-state index contributed by atoms with van der Waals surface area (Å²) in [5, 5.41) is 4.16. The fourth-order valence-electron chi connectivity index (χ4n) is 1.59. The highest BCUT2D eigenvalue weighted by Gasteiger charge is 2.03. The summed E-state index contributed by atoms with van der Waals surface area (Å²) in [6.45, 7) is 5.15. The molecule has 0 radical (unpaired) electrons. The highest BCUT2D eigenvalue weighted by molar-refractivity contribution is 5.32. The third-order valence-electron chi connectivity index (χ3n) is 2.54. The van der Waals surface area contributed by atoms with Gasteiger partial charge in [-0.2, -0.15) is 5.10 Å². The van der Waals surface area contributed by atoms with Crippen LogP contribution in [0.15, 0.2) is 30.6 Å². The smallest absolute Gasteiger partial charge is 0.123 e. The largest absolute Gasteiger partial charge is 0.489 e. The maximum Gasteiger partial charge on any atom is 0.123 e. The van der Waals surface area contributed by atoms with Crippen molar-refractivity contribution in [2.45, 2.75) is 27.0 Å². The van der Waals surface area contributed by atoms with Crippen molar-refractivity contribution in [2.75, 3.05) is 0 Å². The molecule has 1 aromatic heterocycles. The topological polar surface area (TPSA) is 27.1 Å². The van der Waals surface area contributed by atoms with E-state index >= 15 is 0 Å². The van der Waals surface area contributed by atoms with Crippen LogP contribution < -0.4 is 4.74 Å². The van der Waals surface area contributed by atoms with Crippen molar-refractivity contribution in [3.63, 3.8) is 0 Å². The Morgan fingerprint density at radius 1 is 1.41 bits per heavy atom. The van der Waals surface area contributed by atoms with Gasteiger partial charge in [-0.25, -0.2) is 4.39 Å². The second-order valence-corrected chi connectivity index (χ2v) is 3.90. The van der Waals surface area contributed by atoms with E-state index < -0.39 is 0 Å². The van der Waals surface area contributed by atoms with Gasteiger partial charge in [-0.1, -0.05) is 0 Å². The van der Waals surface area contributed by atoms with E-state index in [9.17, 15) is 4.39 Å². The number of aryl methyl sites for hydroxylation is 2. The molecule has 0 N–H and O–H groups in total. The molecule has 0 atom stereocenters. The first kappa shape index (κ1) is 11.6. The van der Waals surface area contributed by atoms with Crippen LogP contribution in [0.2, 0.25) is 0 Å². The minimum absolute atomic E-state index is 0.242. The Hall–Kier alpha value is -1.84. The SMILES string of the molecule is CCn1cc(COc2ccc(F)cc2C)cn1. The van der Waals surface area contributed by atoms with Crippen molar-refractivity contribution in [3.8, 4) is 5.75 Å². The van der Waals surface area contributed by atoms with E-state index in [-0.39, 0.29) is 5.82 Å². The third kappa shape index (κ3) is 2.84. The summed E-state index contributed by atoms with van der Waals surface area (Å²) in [5.74, 6) is 0.462. The lowest BCUT2D eigenvalue weighted by Crippen LogP contribution is -1.97. The normalized spacial score (nSPS) is 10.5. The zero-order valence-corrected chi connectivity index (χ0v) is 9.98. The molecule has 90 valence electrons. The van der Waals surface area contributed by atoms with Crippen LogP contribution >= 0.6 is 0 Å². The van der Waals surface area contributed by atoms with E-state index in [1.165, 1.54) is 12.1 Å². The van der Waals surface area contributed by atoms with Crippen molar-refractivity contribution in [1.82, 2.24) is 9.78 Å². The molecule has 0 aliphatic carbocycles. The maximum atomic E-state index is 12.9. The van der Waals surface area contributed by atoms with Gasteiger partial charge in [-0.15, -0.1) is 0 Å². The highest BCUT2D eigenvalue weighted by atomic mass is 19.1. The molecule has 0 saturated carbocycles. The minimum atomic E-state index is -0.242. The van der Waals surface area contributed by atoms with E-state index in [1.807, 2.05) is 24.7 Å². The van der Waals surface area contributed by atoms with Crippen LogP contribution in [0.25, 0.3) is 0 Å². The Balaban J connectivity index is 2.02. The van der Waals surface area contributed by atoms with Crippen LogP contribution in [0, 0.1) is 12.7 Å². The van der Waals surface area contributed by atoms with Crippen molar-refractivity contribution in [2.24, 2.45) is 0 Å². The molecule has 0 amide bonds. The van der Waals surface area contributed by atoms with Gasteiger partial charge in [0.25, 0.3) is 0 Å². The van der Waals surface area contributed by atoms with Gasteiger partial charge in [0.1, 0.15) is 18.2 Å².